The van der Waals surface area contributed by atoms with Gasteiger partial charge >= 0.3 is 0 Å². The summed E-state index contributed by atoms with van der Waals surface area (Å²) < 4.78 is 0. The first kappa shape index (κ1) is 16.8. The van der Waals surface area contributed by atoms with E-state index in [4.69, 9.17) is 0 Å². The molecule has 0 saturated carbocycles. The van der Waals surface area contributed by atoms with Gasteiger partial charge in [0, 0.05) is 11.3 Å². The van der Waals surface area contributed by atoms with E-state index in [1.165, 1.54) is 11.8 Å². The smallest absolute Gasteiger partial charge is 0.254 e. The third kappa shape index (κ3) is 3.87. The highest BCUT2D eigenvalue weighted by molar-refractivity contribution is 8.00. The minimum absolute atomic E-state index is 0.0617. The zero-order valence-electron chi connectivity index (χ0n) is 13.9. The number of aromatic amines is 1. The number of anilines is 1. The largest absolute Gasteiger partial charge is 0.325 e. The maximum atomic E-state index is 12.3. The summed E-state index contributed by atoms with van der Waals surface area (Å²) in [6, 6.07) is 7.67. The van der Waals surface area contributed by atoms with Crippen LogP contribution in [0.25, 0.3) is 0 Å². The molecule has 0 unspecified atom stereocenters. The van der Waals surface area contributed by atoms with Crippen LogP contribution in [-0.2, 0) is 17.6 Å². The third-order valence-corrected chi connectivity index (χ3v) is 5.13. The van der Waals surface area contributed by atoms with Crippen LogP contribution in [0.1, 0.15) is 36.6 Å². The highest BCUT2D eigenvalue weighted by atomic mass is 32.2. The summed E-state index contributed by atoms with van der Waals surface area (Å²) in [5.74, 6) is -0.107. The summed E-state index contributed by atoms with van der Waals surface area (Å²) in [6.07, 6.45) is 3.75. The Kier molecular flexibility index (Phi) is 5.04. The SMILES string of the molecule is Cc1ccc(NC(=O)[C@@H](C)Sc2nc3c(c(=O)[nH]2)CCCC3)cc1. The second-order valence-corrected chi connectivity index (χ2v) is 7.45. The van der Waals surface area contributed by atoms with Gasteiger partial charge in [-0.3, -0.25) is 9.59 Å². The van der Waals surface area contributed by atoms with Crippen molar-refractivity contribution in [3.63, 3.8) is 0 Å². The molecule has 1 heterocycles. The summed E-state index contributed by atoms with van der Waals surface area (Å²) in [5.41, 5.74) is 3.55. The van der Waals surface area contributed by atoms with Crippen LogP contribution in [-0.4, -0.2) is 21.1 Å². The van der Waals surface area contributed by atoms with Crippen molar-refractivity contribution in [1.29, 1.82) is 0 Å². The number of carbonyl (C=O) groups excluding carboxylic acids is 1. The van der Waals surface area contributed by atoms with Crippen LogP contribution in [0.5, 0.6) is 0 Å². The maximum absolute atomic E-state index is 12.3. The van der Waals surface area contributed by atoms with Gasteiger partial charge in [-0.25, -0.2) is 4.98 Å². The lowest BCUT2D eigenvalue weighted by atomic mass is 9.97. The number of carbonyl (C=O) groups is 1. The van der Waals surface area contributed by atoms with Crippen molar-refractivity contribution in [2.75, 3.05) is 5.32 Å². The Labute approximate surface area is 145 Å². The number of hydrogen-bond acceptors (Lipinski definition) is 4. The zero-order chi connectivity index (χ0) is 17.1. The Morgan fingerprint density at radius 2 is 1.96 bits per heavy atom. The van der Waals surface area contributed by atoms with E-state index in [2.05, 4.69) is 15.3 Å². The fourth-order valence-corrected chi connectivity index (χ4v) is 3.55. The summed E-state index contributed by atoms with van der Waals surface area (Å²) in [4.78, 5) is 31.8. The van der Waals surface area contributed by atoms with Crippen LogP contribution in [0.4, 0.5) is 5.69 Å². The van der Waals surface area contributed by atoms with Gasteiger partial charge in [0.2, 0.25) is 5.91 Å². The molecule has 1 aromatic heterocycles. The summed E-state index contributed by atoms with van der Waals surface area (Å²) in [7, 11) is 0. The number of amides is 1. The van der Waals surface area contributed by atoms with Crippen molar-refractivity contribution < 1.29 is 4.79 Å². The molecule has 0 fully saturated rings. The van der Waals surface area contributed by atoms with Crippen LogP contribution in [0.2, 0.25) is 0 Å². The summed E-state index contributed by atoms with van der Waals surface area (Å²) in [5, 5.41) is 3.06. The molecule has 0 saturated heterocycles. The molecule has 1 aromatic carbocycles. The van der Waals surface area contributed by atoms with Gasteiger partial charge in [0.05, 0.1) is 10.9 Å². The van der Waals surface area contributed by atoms with E-state index in [1.807, 2.05) is 38.1 Å². The van der Waals surface area contributed by atoms with Crippen LogP contribution in [0.15, 0.2) is 34.2 Å². The number of aromatic nitrogens is 2. The second-order valence-electron chi connectivity index (χ2n) is 6.12. The quantitative estimate of drug-likeness (QED) is 0.661. The maximum Gasteiger partial charge on any atom is 0.254 e. The number of nitrogens with zero attached hydrogens (tertiary/aromatic N) is 1. The molecule has 1 aliphatic rings. The highest BCUT2D eigenvalue weighted by Crippen LogP contribution is 2.23. The van der Waals surface area contributed by atoms with E-state index < -0.39 is 0 Å². The van der Waals surface area contributed by atoms with Crippen LogP contribution in [0.3, 0.4) is 0 Å². The molecule has 126 valence electrons. The standard InChI is InChI=1S/C18H21N3O2S/c1-11-7-9-13(10-8-11)19-16(22)12(2)24-18-20-15-6-4-3-5-14(15)17(23)21-18/h7-10,12H,3-6H2,1-2H3,(H,19,22)(H,20,21,23)/t12-/m1/s1. The van der Waals surface area contributed by atoms with Crippen molar-refractivity contribution in [2.45, 2.75) is 49.9 Å². The monoisotopic (exact) mass is 343 g/mol. The number of benzene rings is 1. The average Bonchev–Trinajstić information content (AvgIpc) is 2.57. The molecule has 1 atom stereocenters. The van der Waals surface area contributed by atoms with Crippen LogP contribution in [0, 0.1) is 6.92 Å². The molecule has 2 N–H and O–H groups in total. The lowest BCUT2D eigenvalue weighted by Gasteiger charge is -2.16. The van der Waals surface area contributed by atoms with Crippen molar-refractivity contribution in [3.05, 3.63) is 51.4 Å². The topological polar surface area (TPSA) is 74.8 Å². The van der Waals surface area contributed by atoms with E-state index in [9.17, 15) is 9.59 Å². The summed E-state index contributed by atoms with van der Waals surface area (Å²) >= 11 is 1.28. The number of aryl methyl sites for hydroxylation is 2. The molecule has 24 heavy (non-hydrogen) atoms. The van der Waals surface area contributed by atoms with Crippen LogP contribution < -0.4 is 10.9 Å². The van der Waals surface area contributed by atoms with Gasteiger partial charge < -0.3 is 10.3 Å². The first-order valence-corrected chi connectivity index (χ1v) is 9.07. The predicted molar refractivity (Wildman–Crippen MR) is 96.6 cm³/mol. The minimum Gasteiger partial charge on any atom is -0.325 e. The number of rotatable bonds is 4. The first-order valence-electron chi connectivity index (χ1n) is 8.19. The van der Waals surface area contributed by atoms with Gasteiger partial charge in [0.25, 0.3) is 5.56 Å². The van der Waals surface area contributed by atoms with Crippen molar-refractivity contribution in [2.24, 2.45) is 0 Å². The molecule has 0 spiro atoms. The molecule has 1 amide bonds. The normalized spacial score (nSPS) is 14.8. The molecule has 1 aliphatic carbocycles. The van der Waals surface area contributed by atoms with E-state index in [1.54, 1.807) is 0 Å². The van der Waals surface area contributed by atoms with E-state index in [-0.39, 0.29) is 16.7 Å². The predicted octanol–water partition coefficient (Wildman–Crippen LogP) is 3.08. The molecule has 0 aliphatic heterocycles. The molecule has 0 radical (unpaired) electrons. The highest BCUT2D eigenvalue weighted by Gasteiger charge is 2.19. The number of hydrogen-bond donors (Lipinski definition) is 2. The van der Waals surface area contributed by atoms with Gasteiger partial charge in [-0.1, -0.05) is 29.5 Å². The van der Waals surface area contributed by atoms with Crippen molar-refractivity contribution >= 4 is 23.4 Å². The van der Waals surface area contributed by atoms with E-state index in [0.29, 0.717) is 5.16 Å². The van der Waals surface area contributed by atoms with Gasteiger partial charge in [-0.15, -0.1) is 0 Å². The van der Waals surface area contributed by atoms with E-state index in [0.717, 1.165) is 48.2 Å². The van der Waals surface area contributed by atoms with E-state index >= 15 is 0 Å². The first-order chi connectivity index (χ1) is 11.5. The lowest BCUT2D eigenvalue weighted by molar-refractivity contribution is -0.115. The number of thioether (sulfide) groups is 1. The third-order valence-electron chi connectivity index (χ3n) is 4.15. The average molecular weight is 343 g/mol. The van der Waals surface area contributed by atoms with Gasteiger partial charge in [-0.05, 0) is 51.7 Å². The number of nitrogens with one attached hydrogen (secondary N) is 2. The lowest BCUT2D eigenvalue weighted by Crippen LogP contribution is -2.25. The van der Waals surface area contributed by atoms with Gasteiger partial charge in [-0.2, -0.15) is 0 Å². The Morgan fingerprint density at radius 1 is 1.25 bits per heavy atom. The Hall–Kier alpha value is -2.08. The molecule has 0 bridgehead atoms. The summed E-state index contributed by atoms with van der Waals surface area (Å²) in [6.45, 7) is 3.82. The Morgan fingerprint density at radius 3 is 2.71 bits per heavy atom. The number of fused-ring (bicyclic) bond motifs is 1. The molecule has 5 nitrogen and oxygen atoms in total. The van der Waals surface area contributed by atoms with Crippen molar-refractivity contribution in [1.82, 2.24) is 9.97 Å². The fourth-order valence-electron chi connectivity index (χ4n) is 2.74. The zero-order valence-corrected chi connectivity index (χ0v) is 14.7. The van der Waals surface area contributed by atoms with Gasteiger partial charge in [0.1, 0.15) is 0 Å². The van der Waals surface area contributed by atoms with Crippen LogP contribution >= 0.6 is 11.8 Å². The molecular formula is C18H21N3O2S. The molecular weight excluding hydrogens is 322 g/mol. The Balaban J connectivity index is 1.69. The number of H-pyrrole nitrogens is 1. The molecule has 6 heteroatoms. The minimum atomic E-state index is -0.351. The van der Waals surface area contributed by atoms with Gasteiger partial charge in [0.15, 0.2) is 5.16 Å². The molecule has 2 aromatic rings. The fraction of sp³-hybridized carbons (Fsp3) is 0.389. The molecule has 3 rings (SSSR count). The second kappa shape index (κ2) is 7.21. The Bertz CT molecular complexity index is 799. The van der Waals surface area contributed by atoms with Crippen molar-refractivity contribution in [3.8, 4) is 0 Å².